The summed E-state index contributed by atoms with van der Waals surface area (Å²) in [5, 5.41) is 7.06. The van der Waals surface area contributed by atoms with E-state index in [1.807, 2.05) is 32.4 Å². The largest absolute Gasteiger partial charge is 0.384 e. The first-order chi connectivity index (χ1) is 9.29. The number of nitrogen functional groups attached to an aromatic ring is 1. The highest BCUT2D eigenvalue weighted by atomic mass is 35.5. The monoisotopic (exact) mass is 309 g/mol. The van der Waals surface area contributed by atoms with Crippen molar-refractivity contribution in [3.8, 4) is 0 Å². The molecule has 0 radical (unpaired) electrons. The molecule has 0 saturated carbocycles. The van der Waals surface area contributed by atoms with Crippen molar-refractivity contribution in [1.82, 2.24) is 14.8 Å². The van der Waals surface area contributed by atoms with Crippen LogP contribution in [0.3, 0.4) is 0 Å². The zero-order valence-electron chi connectivity index (χ0n) is 12.5. The Kier molecular flexibility index (Phi) is 4.96. The lowest BCUT2D eigenvalue weighted by atomic mass is 10.1. The molecule has 0 bridgehead atoms. The quantitative estimate of drug-likeness (QED) is 0.893. The zero-order chi connectivity index (χ0) is 14.9. The van der Waals surface area contributed by atoms with Gasteiger partial charge in [-0.15, -0.1) is 12.4 Å². The highest BCUT2D eigenvalue weighted by molar-refractivity contribution is 6.04. The third kappa shape index (κ3) is 3.72. The first-order valence-electron chi connectivity index (χ1n) is 6.37. The number of halogens is 1. The van der Waals surface area contributed by atoms with Crippen molar-refractivity contribution >= 4 is 29.8 Å². The molecule has 3 N–H and O–H groups in total. The lowest BCUT2D eigenvalue weighted by Gasteiger charge is -2.21. The minimum absolute atomic E-state index is 0. The fourth-order valence-electron chi connectivity index (χ4n) is 1.99. The average Bonchev–Trinajstić information content (AvgIpc) is 2.74. The standard InChI is InChI=1S/C14H19N5O.ClH/c1-9-11(8-17-19(9)14(2,3)4)13(20)18-10-5-6-12(15)16-7-10;/h5-8H,1-4H3,(H2,15,16)(H,18,20);1H. The molecule has 7 heteroatoms. The minimum atomic E-state index is -0.204. The van der Waals surface area contributed by atoms with Crippen LogP contribution in [-0.2, 0) is 5.54 Å². The number of hydrogen-bond donors (Lipinski definition) is 2. The van der Waals surface area contributed by atoms with Gasteiger partial charge in [0.15, 0.2) is 0 Å². The smallest absolute Gasteiger partial charge is 0.259 e. The summed E-state index contributed by atoms with van der Waals surface area (Å²) in [6.07, 6.45) is 3.11. The van der Waals surface area contributed by atoms with Crippen molar-refractivity contribution in [2.24, 2.45) is 0 Å². The van der Waals surface area contributed by atoms with Crippen molar-refractivity contribution < 1.29 is 4.79 Å². The second-order valence-electron chi connectivity index (χ2n) is 5.65. The molecule has 0 atom stereocenters. The molecule has 0 aliphatic rings. The van der Waals surface area contributed by atoms with E-state index >= 15 is 0 Å². The van der Waals surface area contributed by atoms with Crippen LogP contribution in [0.5, 0.6) is 0 Å². The van der Waals surface area contributed by atoms with Crippen LogP contribution in [0.1, 0.15) is 36.8 Å². The number of carbonyl (C=O) groups excluding carboxylic acids is 1. The molecule has 6 nitrogen and oxygen atoms in total. The van der Waals surface area contributed by atoms with E-state index in [0.717, 1.165) is 5.69 Å². The molecule has 2 aromatic heterocycles. The van der Waals surface area contributed by atoms with Crippen LogP contribution in [-0.4, -0.2) is 20.7 Å². The van der Waals surface area contributed by atoms with E-state index in [9.17, 15) is 4.79 Å². The Bertz CT molecular complexity index is 628. The van der Waals surface area contributed by atoms with Crippen molar-refractivity contribution in [2.75, 3.05) is 11.1 Å². The number of nitrogens with zero attached hydrogens (tertiary/aromatic N) is 3. The van der Waals surface area contributed by atoms with Gasteiger partial charge in [0.2, 0.25) is 0 Å². The number of pyridine rings is 1. The molecule has 0 aromatic carbocycles. The molecule has 0 fully saturated rings. The molecule has 0 aliphatic heterocycles. The van der Waals surface area contributed by atoms with Gasteiger partial charge in [0.05, 0.1) is 29.2 Å². The fraction of sp³-hybridized carbons (Fsp3) is 0.357. The Balaban J connectivity index is 0.00000220. The normalized spacial score (nSPS) is 10.9. The molecule has 1 amide bonds. The number of nitrogens with one attached hydrogen (secondary N) is 1. The maximum atomic E-state index is 12.2. The molecular formula is C14H20ClN5O. The summed E-state index contributed by atoms with van der Waals surface area (Å²) in [6.45, 7) is 8.00. The molecular weight excluding hydrogens is 290 g/mol. The Morgan fingerprint density at radius 2 is 1.95 bits per heavy atom. The van der Waals surface area contributed by atoms with Crippen LogP contribution < -0.4 is 11.1 Å². The highest BCUT2D eigenvalue weighted by Gasteiger charge is 2.21. The van der Waals surface area contributed by atoms with Crippen LogP contribution in [0.15, 0.2) is 24.5 Å². The number of anilines is 2. The second kappa shape index (κ2) is 6.13. The second-order valence-corrected chi connectivity index (χ2v) is 5.65. The predicted molar refractivity (Wildman–Crippen MR) is 85.8 cm³/mol. The molecule has 2 aromatic rings. The first kappa shape index (κ1) is 17.0. The summed E-state index contributed by atoms with van der Waals surface area (Å²) in [5.74, 6) is 0.212. The Morgan fingerprint density at radius 3 is 2.43 bits per heavy atom. The molecule has 0 spiro atoms. The molecule has 0 aliphatic carbocycles. The predicted octanol–water partition coefficient (Wildman–Crippen LogP) is 2.60. The number of nitrogens with two attached hydrogens (primary N) is 1. The highest BCUT2D eigenvalue weighted by Crippen LogP contribution is 2.19. The van der Waals surface area contributed by atoms with Crippen molar-refractivity contribution in [3.05, 3.63) is 35.8 Å². The fourth-order valence-corrected chi connectivity index (χ4v) is 1.99. The van der Waals surface area contributed by atoms with Crippen molar-refractivity contribution in [1.29, 1.82) is 0 Å². The van der Waals surface area contributed by atoms with Gasteiger partial charge in [0, 0.05) is 5.69 Å². The van der Waals surface area contributed by atoms with E-state index in [0.29, 0.717) is 17.1 Å². The minimum Gasteiger partial charge on any atom is -0.384 e. The van der Waals surface area contributed by atoms with Crippen LogP contribution in [0.4, 0.5) is 11.5 Å². The van der Waals surface area contributed by atoms with E-state index in [4.69, 9.17) is 5.73 Å². The Labute approximate surface area is 130 Å². The number of amides is 1. The maximum Gasteiger partial charge on any atom is 0.259 e. The van der Waals surface area contributed by atoms with E-state index in [1.54, 1.807) is 18.3 Å². The Hall–Kier alpha value is -2.08. The van der Waals surface area contributed by atoms with Gasteiger partial charge in [-0.3, -0.25) is 9.48 Å². The summed E-state index contributed by atoms with van der Waals surface area (Å²) in [5.41, 5.74) is 7.33. The lowest BCUT2D eigenvalue weighted by molar-refractivity contribution is 0.102. The number of carbonyl (C=O) groups is 1. The van der Waals surface area contributed by atoms with Gasteiger partial charge < -0.3 is 11.1 Å². The number of rotatable bonds is 2. The van der Waals surface area contributed by atoms with Crippen LogP contribution in [0.2, 0.25) is 0 Å². The molecule has 114 valence electrons. The van der Waals surface area contributed by atoms with Gasteiger partial charge in [-0.1, -0.05) is 0 Å². The van der Waals surface area contributed by atoms with Gasteiger partial charge >= 0.3 is 0 Å². The van der Waals surface area contributed by atoms with Crippen LogP contribution >= 0.6 is 12.4 Å². The summed E-state index contributed by atoms with van der Waals surface area (Å²) in [4.78, 5) is 16.2. The summed E-state index contributed by atoms with van der Waals surface area (Å²) in [7, 11) is 0. The lowest BCUT2D eigenvalue weighted by Crippen LogP contribution is -2.25. The van der Waals surface area contributed by atoms with E-state index in [2.05, 4.69) is 15.4 Å². The number of aromatic nitrogens is 3. The van der Waals surface area contributed by atoms with Gasteiger partial charge in [-0.2, -0.15) is 5.10 Å². The van der Waals surface area contributed by atoms with E-state index in [-0.39, 0.29) is 23.9 Å². The molecule has 0 unspecified atom stereocenters. The topological polar surface area (TPSA) is 85.8 Å². The Morgan fingerprint density at radius 1 is 1.29 bits per heavy atom. The van der Waals surface area contributed by atoms with Crippen LogP contribution in [0, 0.1) is 6.92 Å². The first-order valence-corrected chi connectivity index (χ1v) is 6.37. The SMILES string of the molecule is Cc1c(C(=O)Nc2ccc(N)nc2)cnn1C(C)(C)C.Cl. The number of hydrogen-bond acceptors (Lipinski definition) is 4. The molecule has 2 heterocycles. The van der Waals surface area contributed by atoms with E-state index in [1.165, 1.54) is 6.20 Å². The summed E-state index contributed by atoms with van der Waals surface area (Å²) >= 11 is 0. The van der Waals surface area contributed by atoms with Gasteiger partial charge in [-0.05, 0) is 39.8 Å². The maximum absolute atomic E-state index is 12.2. The van der Waals surface area contributed by atoms with Gasteiger partial charge in [-0.25, -0.2) is 4.98 Å². The van der Waals surface area contributed by atoms with Crippen molar-refractivity contribution in [2.45, 2.75) is 33.2 Å². The summed E-state index contributed by atoms with van der Waals surface area (Å²) < 4.78 is 1.84. The molecule has 2 rings (SSSR count). The van der Waals surface area contributed by atoms with E-state index < -0.39 is 0 Å². The van der Waals surface area contributed by atoms with Gasteiger partial charge in [0.25, 0.3) is 5.91 Å². The average molecular weight is 310 g/mol. The zero-order valence-corrected chi connectivity index (χ0v) is 13.4. The van der Waals surface area contributed by atoms with Crippen molar-refractivity contribution in [3.63, 3.8) is 0 Å². The van der Waals surface area contributed by atoms with Crippen LogP contribution in [0.25, 0.3) is 0 Å². The molecule has 21 heavy (non-hydrogen) atoms. The molecule has 0 saturated heterocycles. The van der Waals surface area contributed by atoms with Gasteiger partial charge in [0.1, 0.15) is 5.82 Å². The summed E-state index contributed by atoms with van der Waals surface area (Å²) in [6, 6.07) is 3.35. The third-order valence-electron chi connectivity index (χ3n) is 2.93. The third-order valence-corrected chi connectivity index (χ3v) is 2.93.